The first-order valence-electron chi connectivity index (χ1n) is 0. The van der Waals surface area contributed by atoms with E-state index in [9.17, 15) is 0 Å². The molecule has 0 saturated carbocycles. The van der Waals surface area contributed by atoms with Gasteiger partial charge in [-0.1, -0.05) is 0 Å². The fourth-order valence-electron chi connectivity index (χ4n) is 0. The van der Waals surface area contributed by atoms with E-state index in [2.05, 4.69) is 0 Å². The monoisotopic (exact) mass is 206 g/mol. The summed E-state index contributed by atoms with van der Waals surface area (Å²) in [6, 6.07) is 0. The zero-order chi connectivity index (χ0) is 0. The SMILES string of the molecule is O.O.O.O.[Br-].[Mn+2]. The van der Waals surface area contributed by atoms with Crippen molar-refractivity contribution in [1.29, 1.82) is 0 Å². The third-order valence-corrected chi connectivity index (χ3v) is 0. The van der Waals surface area contributed by atoms with E-state index in [4.69, 9.17) is 0 Å². The van der Waals surface area contributed by atoms with E-state index >= 15 is 0 Å². The first-order chi connectivity index (χ1) is 0. The van der Waals surface area contributed by atoms with Crippen LogP contribution in [0.3, 0.4) is 0 Å². The van der Waals surface area contributed by atoms with Gasteiger partial charge >= 0.3 is 17.1 Å². The Hall–Kier alpha value is 0.839. The quantitative estimate of drug-likeness (QED) is 0.350. The molecule has 0 saturated heterocycles. The molecule has 8 N–H and O–H groups in total. The molecule has 0 aromatic heterocycles. The Balaban J connectivity index is 0. The van der Waals surface area contributed by atoms with E-state index in [1.54, 1.807) is 0 Å². The Kier molecular flexibility index (Phi) is 10700. The number of halogens is 1. The minimum absolute atomic E-state index is 0. The average molecular weight is 207 g/mol. The maximum atomic E-state index is 0. The molecule has 0 amide bonds. The molecule has 0 aliphatic rings. The van der Waals surface area contributed by atoms with Gasteiger partial charge < -0.3 is 38.9 Å². The molecule has 0 aliphatic heterocycles. The summed E-state index contributed by atoms with van der Waals surface area (Å²) in [4.78, 5) is 0. The predicted molar refractivity (Wildman–Crippen MR) is 14.5 cm³/mol. The van der Waals surface area contributed by atoms with Crippen molar-refractivity contribution >= 4 is 0 Å². The molecular weight excluding hydrogens is 199 g/mol. The Morgan fingerprint density at radius 3 is 0.500 bits per heavy atom. The van der Waals surface area contributed by atoms with Crippen LogP contribution < -0.4 is 17.0 Å². The molecule has 0 fully saturated rings. The molecule has 0 aliphatic carbocycles. The molecule has 0 heterocycles. The van der Waals surface area contributed by atoms with Crippen molar-refractivity contribution in [3.8, 4) is 0 Å². The number of hydrogen-bond donors (Lipinski definition) is 0. The van der Waals surface area contributed by atoms with Crippen molar-refractivity contribution in [2.24, 2.45) is 0 Å². The summed E-state index contributed by atoms with van der Waals surface area (Å²) in [5.74, 6) is 0. The van der Waals surface area contributed by atoms with Crippen molar-refractivity contribution < 1.29 is 56.0 Å². The van der Waals surface area contributed by atoms with Gasteiger partial charge in [0.25, 0.3) is 0 Å². The molecule has 1 radical (unpaired) electrons. The Labute approximate surface area is 56.4 Å². The van der Waals surface area contributed by atoms with Crippen LogP contribution in [0.2, 0.25) is 0 Å². The zero-order valence-electron chi connectivity index (χ0n) is 2.76. The third-order valence-electron chi connectivity index (χ3n) is 0. The van der Waals surface area contributed by atoms with Crippen molar-refractivity contribution in [3.63, 3.8) is 0 Å². The molecular formula is H8BrMnO4+. The van der Waals surface area contributed by atoms with Crippen LogP contribution in [-0.4, -0.2) is 21.9 Å². The Morgan fingerprint density at radius 2 is 0.500 bits per heavy atom. The van der Waals surface area contributed by atoms with E-state index in [-0.39, 0.29) is 56.0 Å². The first-order valence-corrected chi connectivity index (χ1v) is 0. The van der Waals surface area contributed by atoms with Gasteiger partial charge in [0.05, 0.1) is 0 Å². The van der Waals surface area contributed by atoms with E-state index in [1.807, 2.05) is 0 Å². The van der Waals surface area contributed by atoms with Crippen molar-refractivity contribution in [3.05, 3.63) is 0 Å². The minimum atomic E-state index is 0. The van der Waals surface area contributed by atoms with Crippen LogP contribution in [0.15, 0.2) is 0 Å². The van der Waals surface area contributed by atoms with Crippen LogP contribution >= 0.6 is 0 Å². The molecule has 0 atom stereocenters. The molecule has 4 nitrogen and oxygen atoms in total. The summed E-state index contributed by atoms with van der Waals surface area (Å²) >= 11 is 0. The van der Waals surface area contributed by atoms with Crippen LogP contribution in [-0.2, 0) is 17.1 Å². The van der Waals surface area contributed by atoms with Crippen LogP contribution in [0, 0.1) is 0 Å². The van der Waals surface area contributed by atoms with Crippen molar-refractivity contribution in [2.45, 2.75) is 0 Å². The van der Waals surface area contributed by atoms with Gasteiger partial charge in [0, 0.05) is 0 Å². The Morgan fingerprint density at radius 1 is 0.500 bits per heavy atom. The molecule has 6 heavy (non-hydrogen) atoms. The normalized spacial score (nSPS) is 0. The smallest absolute Gasteiger partial charge is 1.00 e. The molecule has 6 heteroatoms. The van der Waals surface area contributed by atoms with Gasteiger partial charge in [-0.05, 0) is 0 Å². The van der Waals surface area contributed by atoms with Gasteiger partial charge in [0.1, 0.15) is 0 Å². The van der Waals surface area contributed by atoms with Crippen LogP contribution in [0.5, 0.6) is 0 Å². The fraction of sp³-hybridized carbons (Fsp3) is 0. The van der Waals surface area contributed by atoms with Crippen LogP contribution in [0.1, 0.15) is 0 Å². The van der Waals surface area contributed by atoms with Crippen molar-refractivity contribution in [2.75, 3.05) is 0 Å². The van der Waals surface area contributed by atoms with Crippen molar-refractivity contribution in [1.82, 2.24) is 0 Å². The predicted octanol–water partition coefficient (Wildman–Crippen LogP) is -6.30. The summed E-state index contributed by atoms with van der Waals surface area (Å²) in [7, 11) is 0. The largest absolute Gasteiger partial charge is 2.00 e. The van der Waals surface area contributed by atoms with Crippen LogP contribution in [0.4, 0.5) is 0 Å². The molecule has 45 valence electrons. The number of rotatable bonds is 0. The average Bonchev–Trinajstić information content (AvgIpc) is 0. The second kappa shape index (κ2) is 194. The van der Waals surface area contributed by atoms with Gasteiger partial charge in [-0.2, -0.15) is 0 Å². The molecule has 0 spiro atoms. The molecule has 0 rings (SSSR count). The molecule has 0 aromatic rings. The standard InChI is InChI=1S/BrH.Mn.4H2O/h1H;;4*1H2/q;+2;;;;/p-1. The molecule has 0 bridgehead atoms. The maximum Gasteiger partial charge on any atom is 2.00 e. The third kappa shape index (κ3) is 101. The van der Waals surface area contributed by atoms with E-state index in [0.717, 1.165) is 0 Å². The molecule has 0 unspecified atom stereocenters. The zero-order valence-corrected chi connectivity index (χ0v) is 5.52. The summed E-state index contributed by atoms with van der Waals surface area (Å²) < 4.78 is 0. The summed E-state index contributed by atoms with van der Waals surface area (Å²) in [5.41, 5.74) is 0. The summed E-state index contributed by atoms with van der Waals surface area (Å²) in [5, 5.41) is 0. The number of hydrogen-bond acceptors (Lipinski definition) is 0. The van der Waals surface area contributed by atoms with Crippen LogP contribution in [0.25, 0.3) is 0 Å². The van der Waals surface area contributed by atoms with E-state index < -0.39 is 0 Å². The molecule has 0 aromatic carbocycles. The summed E-state index contributed by atoms with van der Waals surface area (Å²) in [6.45, 7) is 0. The maximum absolute atomic E-state index is 0. The Bertz CT molecular complexity index is 7.51. The fourth-order valence-corrected chi connectivity index (χ4v) is 0. The van der Waals surface area contributed by atoms with Gasteiger partial charge in [0.15, 0.2) is 0 Å². The van der Waals surface area contributed by atoms with Gasteiger partial charge in [-0.3, -0.25) is 0 Å². The van der Waals surface area contributed by atoms with E-state index in [0.29, 0.717) is 0 Å². The second-order valence-corrected chi connectivity index (χ2v) is 0. The minimum Gasteiger partial charge on any atom is -1.00 e. The van der Waals surface area contributed by atoms with Gasteiger partial charge in [-0.15, -0.1) is 0 Å². The van der Waals surface area contributed by atoms with E-state index in [1.165, 1.54) is 0 Å². The van der Waals surface area contributed by atoms with Gasteiger partial charge in [-0.25, -0.2) is 0 Å². The summed E-state index contributed by atoms with van der Waals surface area (Å²) in [6.07, 6.45) is 0. The first kappa shape index (κ1) is 331. The van der Waals surface area contributed by atoms with Gasteiger partial charge in [0.2, 0.25) is 0 Å². The second-order valence-electron chi connectivity index (χ2n) is 0. The topological polar surface area (TPSA) is 126 Å².